The maximum absolute atomic E-state index is 12.6. The molecule has 2 aliphatic rings. The number of amides is 3. The summed E-state index contributed by atoms with van der Waals surface area (Å²) in [6.45, 7) is 3.40. The van der Waals surface area contributed by atoms with Gasteiger partial charge in [0.15, 0.2) is 0 Å². The first-order valence-corrected chi connectivity index (χ1v) is 8.19. The van der Waals surface area contributed by atoms with E-state index in [0.717, 1.165) is 36.9 Å². The van der Waals surface area contributed by atoms with E-state index in [1.807, 2.05) is 31.2 Å². The Kier molecular flexibility index (Phi) is 4.20. The molecule has 3 rings (SSSR count). The molecule has 1 aliphatic heterocycles. The minimum absolute atomic E-state index is 0.0187. The lowest BCUT2D eigenvalue weighted by Gasteiger charge is -2.27. The molecule has 1 saturated carbocycles. The molecule has 1 heterocycles. The smallest absolute Gasteiger partial charge is 0.234 e. The van der Waals surface area contributed by atoms with Gasteiger partial charge in [-0.05, 0) is 31.4 Å². The van der Waals surface area contributed by atoms with Gasteiger partial charge in [-0.15, -0.1) is 0 Å². The van der Waals surface area contributed by atoms with Crippen LogP contribution in [0, 0.1) is 18.8 Å². The zero-order valence-electron chi connectivity index (χ0n) is 13.6. The van der Waals surface area contributed by atoms with Crippen LogP contribution < -0.4 is 4.90 Å². The van der Waals surface area contributed by atoms with E-state index < -0.39 is 0 Å². The van der Waals surface area contributed by atoms with Crippen LogP contribution >= 0.6 is 0 Å². The monoisotopic (exact) mass is 314 g/mol. The molecule has 0 N–H and O–H groups in total. The first kappa shape index (κ1) is 15.7. The summed E-state index contributed by atoms with van der Waals surface area (Å²) in [7, 11) is 0. The molecule has 23 heavy (non-hydrogen) atoms. The predicted octanol–water partition coefficient (Wildman–Crippen LogP) is 2.48. The van der Waals surface area contributed by atoms with Crippen molar-refractivity contribution in [3.63, 3.8) is 0 Å². The number of anilines is 1. The molecule has 2 atom stereocenters. The second kappa shape index (κ2) is 6.14. The molecule has 122 valence electrons. The van der Waals surface area contributed by atoms with Gasteiger partial charge in [0.2, 0.25) is 17.7 Å². The van der Waals surface area contributed by atoms with Crippen LogP contribution in [-0.2, 0) is 14.4 Å². The van der Waals surface area contributed by atoms with Crippen molar-refractivity contribution in [1.82, 2.24) is 4.90 Å². The minimum atomic E-state index is -0.179. The van der Waals surface area contributed by atoms with Crippen molar-refractivity contribution >= 4 is 23.4 Å². The minimum Gasteiger partial charge on any atom is -0.294 e. The molecule has 0 bridgehead atoms. The second-order valence-electron chi connectivity index (χ2n) is 6.48. The lowest BCUT2D eigenvalue weighted by Crippen LogP contribution is -2.44. The number of imide groups is 1. The van der Waals surface area contributed by atoms with Crippen LogP contribution in [0.2, 0.25) is 0 Å². The normalized spacial score (nSPS) is 23.8. The van der Waals surface area contributed by atoms with Crippen molar-refractivity contribution in [2.75, 3.05) is 11.6 Å². The van der Waals surface area contributed by atoms with Gasteiger partial charge in [-0.25, -0.2) is 0 Å². The van der Waals surface area contributed by atoms with Crippen LogP contribution in [-0.4, -0.2) is 29.3 Å². The standard InChI is InChI=1S/C18H22N2O3/c1-12-7-3-6-10-16(12)19(13(2)21)11-20-17(22)14-8-4-5-9-15(14)18(20)23/h3,6-7,10,14-15H,4-5,8-9,11H2,1-2H3/t14-,15+. The molecule has 1 aromatic carbocycles. The number of aryl methyl sites for hydroxylation is 1. The number of para-hydroxylation sites is 1. The SMILES string of the molecule is CC(=O)N(CN1C(=O)[C@H]2CCCC[C@H]2C1=O)c1ccccc1C. The number of benzene rings is 1. The van der Waals surface area contributed by atoms with Gasteiger partial charge in [0.25, 0.3) is 0 Å². The maximum atomic E-state index is 12.6. The Balaban J connectivity index is 1.86. The zero-order chi connectivity index (χ0) is 16.6. The van der Waals surface area contributed by atoms with Gasteiger partial charge in [-0.2, -0.15) is 0 Å². The van der Waals surface area contributed by atoms with E-state index in [1.165, 1.54) is 16.7 Å². The average molecular weight is 314 g/mol. The Morgan fingerprint density at radius 1 is 1.13 bits per heavy atom. The number of likely N-dealkylation sites (tertiary alicyclic amines) is 1. The summed E-state index contributed by atoms with van der Waals surface area (Å²) in [6.07, 6.45) is 3.58. The molecule has 3 amide bonds. The molecule has 0 aromatic heterocycles. The number of fused-ring (bicyclic) bond motifs is 1. The largest absolute Gasteiger partial charge is 0.294 e. The first-order valence-electron chi connectivity index (χ1n) is 8.19. The summed E-state index contributed by atoms with van der Waals surface area (Å²) in [4.78, 5) is 40.1. The lowest BCUT2D eigenvalue weighted by atomic mass is 9.81. The van der Waals surface area contributed by atoms with Crippen molar-refractivity contribution in [3.05, 3.63) is 29.8 Å². The Morgan fingerprint density at radius 2 is 1.70 bits per heavy atom. The highest BCUT2D eigenvalue weighted by Crippen LogP contribution is 2.38. The van der Waals surface area contributed by atoms with Gasteiger partial charge >= 0.3 is 0 Å². The Morgan fingerprint density at radius 3 is 2.22 bits per heavy atom. The fourth-order valence-corrected chi connectivity index (χ4v) is 3.72. The zero-order valence-corrected chi connectivity index (χ0v) is 13.6. The van der Waals surface area contributed by atoms with Crippen molar-refractivity contribution < 1.29 is 14.4 Å². The third-order valence-electron chi connectivity index (χ3n) is 5.00. The number of rotatable bonds is 3. The summed E-state index contributed by atoms with van der Waals surface area (Å²) < 4.78 is 0. The molecule has 1 aromatic rings. The summed E-state index contributed by atoms with van der Waals surface area (Å²) >= 11 is 0. The van der Waals surface area contributed by atoms with Crippen LogP contribution in [0.3, 0.4) is 0 Å². The lowest BCUT2D eigenvalue weighted by molar-refractivity contribution is -0.140. The topological polar surface area (TPSA) is 57.7 Å². The van der Waals surface area contributed by atoms with Crippen LogP contribution in [0.5, 0.6) is 0 Å². The highest BCUT2D eigenvalue weighted by Gasteiger charge is 2.48. The van der Waals surface area contributed by atoms with Crippen LogP contribution in [0.25, 0.3) is 0 Å². The van der Waals surface area contributed by atoms with E-state index in [0.29, 0.717) is 0 Å². The van der Waals surface area contributed by atoms with Gasteiger partial charge in [0.05, 0.1) is 11.8 Å². The summed E-state index contributed by atoms with van der Waals surface area (Å²) in [6, 6.07) is 7.51. The van der Waals surface area contributed by atoms with Crippen molar-refractivity contribution in [1.29, 1.82) is 0 Å². The fraction of sp³-hybridized carbons (Fsp3) is 0.500. The number of hydrogen-bond acceptors (Lipinski definition) is 3. The van der Waals surface area contributed by atoms with E-state index in [4.69, 9.17) is 0 Å². The van der Waals surface area contributed by atoms with Gasteiger partial charge in [0, 0.05) is 12.6 Å². The highest BCUT2D eigenvalue weighted by atomic mass is 16.2. The number of nitrogens with zero attached hydrogens (tertiary/aromatic N) is 2. The van der Waals surface area contributed by atoms with E-state index in [2.05, 4.69) is 0 Å². The predicted molar refractivity (Wildman–Crippen MR) is 86.5 cm³/mol. The number of carbonyl (C=O) groups excluding carboxylic acids is 3. The highest BCUT2D eigenvalue weighted by molar-refractivity contribution is 6.06. The summed E-state index contributed by atoms with van der Waals surface area (Å²) in [5.74, 6) is -0.752. The van der Waals surface area contributed by atoms with Crippen molar-refractivity contribution in [3.8, 4) is 0 Å². The van der Waals surface area contributed by atoms with Gasteiger partial charge in [-0.3, -0.25) is 24.2 Å². The molecule has 1 saturated heterocycles. The summed E-state index contributed by atoms with van der Waals surface area (Å²) in [5, 5.41) is 0. The Bertz CT molecular complexity index is 631. The first-order chi connectivity index (χ1) is 11.0. The van der Waals surface area contributed by atoms with E-state index in [1.54, 1.807) is 0 Å². The molecule has 1 aliphatic carbocycles. The van der Waals surface area contributed by atoms with Gasteiger partial charge < -0.3 is 0 Å². The Hall–Kier alpha value is -2.17. The maximum Gasteiger partial charge on any atom is 0.234 e. The van der Waals surface area contributed by atoms with Crippen molar-refractivity contribution in [2.45, 2.75) is 39.5 Å². The molecule has 0 radical (unpaired) electrons. The van der Waals surface area contributed by atoms with Crippen molar-refractivity contribution in [2.24, 2.45) is 11.8 Å². The van der Waals surface area contributed by atoms with E-state index >= 15 is 0 Å². The number of hydrogen-bond donors (Lipinski definition) is 0. The third kappa shape index (κ3) is 2.76. The van der Waals surface area contributed by atoms with E-state index in [9.17, 15) is 14.4 Å². The quantitative estimate of drug-likeness (QED) is 0.805. The Labute approximate surface area is 136 Å². The second-order valence-corrected chi connectivity index (χ2v) is 6.48. The molecular weight excluding hydrogens is 292 g/mol. The average Bonchev–Trinajstić information content (AvgIpc) is 2.78. The third-order valence-corrected chi connectivity index (χ3v) is 5.00. The van der Waals surface area contributed by atoms with Gasteiger partial charge in [0.1, 0.15) is 6.67 Å². The summed E-state index contributed by atoms with van der Waals surface area (Å²) in [5.41, 5.74) is 1.69. The molecule has 5 heteroatoms. The van der Waals surface area contributed by atoms with E-state index in [-0.39, 0.29) is 36.2 Å². The number of carbonyl (C=O) groups is 3. The fourth-order valence-electron chi connectivity index (χ4n) is 3.72. The van der Waals surface area contributed by atoms with Crippen LogP contribution in [0.1, 0.15) is 38.2 Å². The molecule has 5 nitrogen and oxygen atoms in total. The van der Waals surface area contributed by atoms with Crippen LogP contribution in [0.4, 0.5) is 5.69 Å². The molecule has 2 fully saturated rings. The van der Waals surface area contributed by atoms with Gasteiger partial charge in [-0.1, -0.05) is 31.0 Å². The molecule has 0 spiro atoms. The molecule has 0 unspecified atom stereocenters. The van der Waals surface area contributed by atoms with Crippen LogP contribution in [0.15, 0.2) is 24.3 Å². The molecular formula is C18H22N2O3.